The third-order valence-electron chi connectivity index (χ3n) is 5.28. The second kappa shape index (κ2) is 11.0. The molecular formula is C26H24FN3O3S. The van der Waals surface area contributed by atoms with Crippen molar-refractivity contribution >= 4 is 40.1 Å². The van der Waals surface area contributed by atoms with Gasteiger partial charge in [0.2, 0.25) is 11.8 Å². The van der Waals surface area contributed by atoms with Crippen LogP contribution in [0.2, 0.25) is 0 Å². The largest absolute Gasteiger partial charge is 0.497 e. The van der Waals surface area contributed by atoms with Gasteiger partial charge in [-0.1, -0.05) is 42.1 Å². The van der Waals surface area contributed by atoms with E-state index in [0.717, 1.165) is 17.0 Å². The van der Waals surface area contributed by atoms with Gasteiger partial charge < -0.3 is 10.1 Å². The number of halogens is 1. The molecule has 0 saturated carbocycles. The summed E-state index contributed by atoms with van der Waals surface area (Å²) in [5, 5.41) is 2.71. The Kier molecular flexibility index (Phi) is 7.59. The Morgan fingerprint density at radius 2 is 1.76 bits per heavy atom. The van der Waals surface area contributed by atoms with Crippen molar-refractivity contribution in [3.63, 3.8) is 0 Å². The molecule has 0 aliphatic carbocycles. The van der Waals surface area contributed by atoms with Gasteiger partial charge in [0.1, 0.15) is 16.8 Å². The van der Waals surface area contributed by atoms with Gasteiger partial charge >= 0.3 is 0 Å². The minimum atomic E-state index is -0.584. The molecule has 0 spiro atoms. The van der Waals surface area contributed by atoms with Gasteiger partial charge in [-0.3, -0.25) is 14.5 Å². The summed E-state index contributed by atoms with van der Waals surface area (Å²) in [4.78, 5) is 32.1. The maximum atomic E-state index is 13.2. The lowest BCUT2D eigenvalue weighted by Crippen LogP contribution is -2.35. The van der Waals surface area contributed by atoms with Crippen LogP contribution in [0, 0.1) is 5.82 Å². The topological polar surface area (TPSA) is 71.0 Å². The molecule has 1 saturated heterocycles. The molecule has 174 valence electrons. The number of amides is 2. The zero-order valence-electron chi connectivity index (χ0n) is 18.6. The van der Waals surface area contributed by atoms with Crippen LogP contribution in [0.25, 0.3) is 0 Å². The number of rotatable bonds is 8. The van der Waals surface area contributed by atoms with Gasteiger partial charge in [0, 0.05) is 18.7 Å². The number of nitrogens with zero attached hydrogens (tertiary/aromatic N) is 2. The summed E-state index contributed by atoms with van der Waals surface area (Å²) in [6.07, 6.45) is 0.631. The minimum Gasteiger partial charge on any atom is -0.497 e. The number of methoxy groups -OCH3 is 1. The standard InChI is InChI=1S/C26H24FN3O3S/c1-33-22-13-7-18(8-14-22)15-16-30-25(32)23(34-26(30)29-20-5-3-2-4-6-20)17-24(31)28-21-11-9-19(27)10-12-21/h2-14,23H,15-17H2,1H3,(H,28,31)/t23-/m0/s1. The SMILES string of the molecule is COc1ccc(CCN2C(=O)[C@H](CC(=O)Nc3ccc(F)cc3)SC2=Nc2ccccc2)cc1. The molecule has 4 rings (SSSR count). The van der Waals surface area contributed by atoms with E-state index in [1.165, 1.54) is 36.0 Å². The van der Waals surface area contributed by atoms with Gasteiger partial charge in [0.25, 0.3) is 0 Å². The first-order chi connectivity index (χ1) is 16.5. The summed E-state index contributed by atoms with van der Waals surface area (Å²) in [6, 6.07) is 22.6. The van der Waals surface area contributed by atoms with Crippen LogP contribution >= 0.6 is 11.8 Å². The number of para-hydroxylation sites is 1. The average Bonchev–Trinajstić information content (AvgIpc) is 3.13. The molecule has 0 bridgehead atoms. The van der Waals surface area contributed by atoms with Crippen molar-refractivity contribution in [1.82, 2.24) is 4.90 Å². The monoisotopic (exact) mass is 477 g/mol. The van der Waals surface area contributed by atoms with E-state index in [1.807, 2.05) is 54.6 Å². The first-order valence-electron chi connectivity index (χ1n) is 10.8. The van der Waals surface area contributed by atoms with E-state index >= 15 is 0 Å². The van der Waals surface area contributed by atoms with Crippen molar-refractivity contribution in [3.8, 4) is 5.75 Å². The van der Waals surface area contributed by atoms with Crippen molar-refractivity contribution < 1.29 is 18.7 Å². The molecule has 3 aromatic rings. The second-order valence-corrected chi connectivity index (χ2v) is 8.85. The molecule has 8 heteroatoms. The zero-order valence-corrected chi connectivity index (χ0v) is 19.4. The fraction of sp³-hybridized carbons (Fsp3) is 0.192. The molecule has 34 heavy (non-hydrogen) atoms. The van der Waals surface area contributed by atoms with Crippen molar-refractivity contribution in [2.75, 3.05) is 19.0 Å². The van der Waals surface area contributed by atoms with E-state index in [1.54, 1.807) is 12.0 Å². The van der Waals surface area contributed by atoms with Gasteiger partial charge in [-0.15, -0.1) is 0 Å². The molecule has 1 aliphatic rings. The van der Waals surface area contributed by atoms with Crippen molar-refractivity contribution in [3.05, 3.63) is 90.2 Å². The summed E-state index contributed by atoms with van der Waals surface area (Å²) in [5.41, 5.74) is 2.29. The predicted molar refractivity (Wildman–Crippen MR) is 133 cm³/mol. The molecule has 1 heterocycles. The third-order valence-corrected chi connectivity index (χ3v) is 6.46. The molecule has 1 atom stereocenters. The number of carbonyl (C=O) groups excluding carboxylic acids is 2. The van der Waals surface area contributed by atoms with Crippen LogP contribution in [0.5, 0.6) is 5.75 Å². The van der Waals surface area contributed by atoms with E-state index in [9.17, 15) is 14.0 Å². The Labute approximate surface area is 201 Å². The number of benzene rings is 3. The Bertz CT molecular complexity index is 1170. The smallest absolute Gasteiger partial charge is 0.242 e. The fourth-order valence-corrected chi connectivity index (χ4v) is 4.67. The molecule has 1 N–H and O–H groups in total. The fourth-order valence-electron chi connectivity index (χ4n) is 3.49. The summed E-state index contributed by atoms with van der Waals surface area (Å²) in [6.45, 7) is 0.444. The van der Waals surface area contributed by atoms with Gasteiger partial charge in [0.05, 0.1) is 12.8 Å². The van der Waals surface area contributed by atoms with E-state index in [-0.39, 0.29) is 24.1 Å². The third kappa shape index (κ3) is 6.02. The van der Waals surface area contributed by atoms with Gasteiger partial charge in [-0.05, 0) is 60.5 Å². The molecule has 0 radical (unpaired) electrons. The molecule has 1 aliphatic heterocycles. The highest BCUT2D eigenvalue weighted by molar-refractivity contribution is 8.15. The Balaban J connectivity index is 1.47. The van der Waals surface area contributed by atoms with E-state index in [4.69, 9.17) is 4.74 Å². The number of anilines is 1. The molecule has 0 aromatic heterocycles. The van der Waals surface area contributed by atoms with Crippen LogP contribution in [-0.4, -0.2) is 40.8 Å². The molecule has 6 nitrogen and oxygen atoms in total. The lowest BCUT2D eigenvalue weighted by molar-refractivity contribution is -0.128. The predicted octanol–water partition coefficient (Wildman–Crippen LogP) is 5.04. The highest BCUT2D eigenvalue weighted by Crippen LogP contribution is 2.32. The minimum absolute atomic E-state index is 0.00623. The number of thioether (sulfide) groups is 1. The molecule has 2 amide bonds. The number of aliphatic imine (C=N–C) groups is 1. The Morgan fingerprint density at radius 3 is 2.44 bits per heavy atom. The van der Waals surface area contributed by atoms with E-state index in [2.05, 4.69) is 10.3 Å². The van der Waals surface area contributed by atoms with Crippen LogP contribution < -0.4 is 10.1 Å². The second-order valence-electron chi connectivity index (χ2n) is 7.68. The number of ether oxygens (including phenoxy) is 1. The molecule has 0 unspecified atom stereocenters. The summed E-state index contributed by atoms with van der Waals surface area (Å²) < 4.78 is 18.3. The van der Waals surface area contributed by atoms with Crippen LogP contribution in [0.1, 0.15) is 12.0 Å². The first-order valence-corrected chi connectivity index (χ1v) is 11.7. The van der Waals surface area contributed by atoms with Gasteiger partial charge in [-0.2, -0.15) is 0 Å². The highest BCUT2D eigenvalue weighted by Gasteiger charge is 2.39. The van der Waals surface area contributed by atoms with Crippen LogP contribution in [-0.2, 0) is 16.0 Å². The number of nitrogens with one attached hydrogen (secondary N) is 1. The maximum Gasteiger partial charge on any atom is 0.242 e. The summed E-state index contributed by atoms with van der Waals surface area (Å²) in [7, 11) is 1.62. The highest BCUT2D eigenvalue weighted by atomic mass is 32.2. The average molecular weight is 478 g/mol. The van der Waals surface area contributed by atoms with Crippen LogP contribution in [0.4, 0.5) is 15.8 Å². The maximum absolute atomic E-state index is 13.2. The lowest BCUT2D eigenvalue weighted by atomic mass is 10.1. The Morgan fingerprint density at radius 1 is 1.06 bits per heavy atom. The van der Waals surface area contributed by atoms with Crippen molar-refractivity contribution in [1.29, 1.82) is 0 Å². The van der Waals surface area contributed by atoms with Gasteiger partial charge in [-0.25, -0.2) is 9.38 Å². The number of hydrogen-bond donors (Lipinski definition) is 1. The quantitative estimate of drug-likeness (QED) is 0.494. The van der Waals surface area contributed by atoms with E-state index in [0.29, 0.717) is 23.8 Å². The van der Waals surface area contributed by atoms with Crippen molar-refractivity contribution in [2.24, 2.45) is 4.99 Å². The van der Waals surface area contributed by atoms with Crippen LogP contribution in [0.15, 0.2) is 83.9 Å². The summed E-state index contributed by atoms with van der Waals surface area (Å²) >= 11 is 1.29. The molecule has 1 fully saturated rings. The molecule has 3 aromatic carbocycles. The summed E-state index contributed by atoms with van der Waals surface area (Å²) in [5.74, 6) is -0.0696. The lowest BCUT2D eigenvalue weighted by Gasteiger charge is -2.16. The number of amidine groups is 1. The Hall–Kier alpha value is -3.65. The number of hydrogen-bond acceptors (Lipinski definition) is 5. The van der Waals surface area contributed by atoms with Crippen molar-refractivity contribution in [2.45, 2.75) is 18.1 Å². The number of carbonyl (C=O) groups is 2. The van der Waals surface area contributed by atoms with E-state index < -0.39 is 5.25 Å². The van der Waals surface area contributed by atoms with Gasteiger partial charge in [0.15, 0.2) is 5.17 Å². The normalized spacial score (nSPS) is 16.6. The zero-order chi connectivity index (χ0) is 23.9. The molecular weight excluding hydrogens is 453 g/mol. The van der Waals surface area contributed by atoms with Crippen LogP contribution in [0.3, 0.4) is 0 Å². The first kappa shape index (κ1) is 23.5.